The van der Waals surface area contributed by atoms with Crippen molar-refractivity contribution in [3.8, 4) is 0 Å². The predicted molar refractivity (Wildman–Crippen MR) is 76.7 cm³/mol. The van der Waals surface area contributed by atoms with Gasteiger partial charge in [0.25, 0.3) is 0 Å². The fourth-order valence-corrected chi connectivity index (χ4v) is 2.97. The molecule has 1 aromatic rings. The van der Waals surface area contributed by atoms with Gasteiger partial charge in [-0.25, -0.2) is 4.39 Å². The smallest absolute Gasteiger partial charge is 0.161 e. The molecule has 5 heteroatoms. The summed E-state index contributed by atoms with van der Waals surface area (Å²) in [7, 11) is 0. The van der Waals surface area contributed by atoms with Crippen LogP contribution in [0.3, 0.4) is 0 Å². The van der Waals surface area contributed by atoms with Crippen molar-refractivity contribution in [3.05, 3.63) is 27.6 Å². The van der Waals surface area contributed by atoms with Crippen molar-refractivity contribution in [2.24, 2.45) is 4.99 Å². The number of aliphatic imine (C=N–C) groups is 1. The van der Waals surface area contributed by atoms with Gasteiger partial charge in [-0.2, -0.15) is 0 Å². The number of nitrogens with one attached hydrogen (secondary N) is 1. The summed E-state index contributed by atoms with van der Waals surface area (Å²) < 4.78 is 13.8. The van der Waals surface area contributed by atoms with E-state index in [4.69, 9.17) is 0 Å². The van der Waals surface area contributed by atoms with Gasteiger partial charge in [0.1, 0.15) is 5.82 Å². The minimum atomic E-state index is -0.206. The van der Waals surface area contributed by atoms with Crippen molar-refractivity contribution < 1.29 is 4.39 Å². The summed E-state index contributed by atoms with van der Waals surface area (Å²) in [5.74, 6) is -0.206. The predicted octanol–water partition coefficient (Wildman–Crippen LogP) is 3.72. The Bertz CT molecular complexity index is 422. The van der Waals surface area contributed by atoms with E-state index in [1.54, 1.807) is 17.8 Å². The Kier molecular flexibility index (Phi) is 4.07. The number of anilines is 1. The van der Waals surface area contributed by atoms with Gasteiger partial charge in [0, 0.05) is 8.82 Å². The minimum Gasteiger partial charge on any atom is -0.334 e. The third-order valence-corrected chi connectivity index (χ3v) is 4.51. The number of rotatable bonds is 2. The van der Waals surface area contributed by atoms with Crippen molar-refractivity contribution in [2.75, 3.05) is 11.9 Å². The first-order chi connectivity index (χ1) is 7.69. The van der Waals surface area contributed by atoms with Crippen LogP contribution < -0.4 is 5.32 Å². The highest BCUT2D eigenvalue weighted by Gasteiger charge is 2.18. The molecule has 1 aliphatic heterocycles. The zero-order valence-corrected chi connectivity index (χ0v) is 11.8. The first-order valence-corrected chi connectivity index (χ1v) is 7.08. The molecule has 1 unspecified atom stereocenters. The first-order valence-electron chi connectivity index (χ1n) is 5.12. The van der Waals surface area contributed by atoms with Gasteiger partial charge in [-0.05, 0) is 47.2 Å². The van der Waals surface area contributed by atoms with Gasteiger partial charge in [0.05, 0.1) is 12.2 Å². The molecular formula is C11H12FIN2S. The van der Waals surface area contributed by atoms with Crippen LogP contribution in [0.4, 0.5) is 10.1 Å². The molecule has 1 N–H and O–H groups in total. The van der Waals surface area contributed by atoms with Crippen LogP contribution in [0.5, 0.6) is 0 Å². The summed E-state index contributed by atoms with van der Waals surface area (Å²) in [6, 6.07) is 4.72. The monoisotopic (exact) mass is 350 g/mol. The summed E-state index contributed by atoms with van der Waals surface area (Å²) in [6.45, 7) is 3.04. The zero-order chi connectivity index (χ0) is 11.5. The molecule has 2 rings (SSSR count). The van der Waals surface area contributed by atoms with Crippen molar-refractivity contribution in [3.63, 3.8) is 0 Å². The van der Waals surface area contributed by atoms with Gasteiger partial charge in [-0.15, -0.1) is 0 Å². The van der Waals surface area contributed by atoms with Crippen LogP contribution >= 0.6 is 34.4 Å². The lowest BCUT2D eigenvalue weighted by Crippen LogP contribution is -2.08. The molecule has 0 bridgehead atoms. The molecule has 0 aliphatic carbocycles. The van der Waals surface area contributed by atoms with E-state index >= 15 is 0 Å². The molecule has 2 nitrogen and oxygen atoms in total. The van der Waals surface area contributed by atoms with Gasteiger partial charge in [0.2, 0.25) is 0 Å². The molecule has 1 atom stereocenters. The maximum atomic E-state index is 12.9. The van der Waals surface area contributed by atoms with E-state index < -0.39 is 0 Å². The maximum absolute atomic E-state index is 12.9. The Balaban J connectivity index is 2.05. The first kappa shape index (κ1) is 12.2. The van der Waals surface area contributed by atoms with Crippen LogP contribution in [-0.2, 0) is 0 Å². The molecule has 0 saturated heterocycles. The minimum absolute atomic E-state index is 0.206. The number of halogens is 2. The number of thioether (sulfide) groups is 1. The third kappa shape index (κ3) is 2.88. The average molecular weight is 350 g/mol. The van der Waals surface area contributed by atoms with E-state index in [0.29, 0.717) is 5.25 Å². The summed E-state index contributed by atoms with van der Waals surface area (Å²) in [6.07, 6.45) is 1.12. The highest BCUT2D eigenvalue weighted by molar-refractivity contribution is 14.1. The normalized spacial score (nSPS) is 19.7. The molecule has 16 heavy (non-hydrogen) atoms. The fourth-order valence-electron chi connectivity index (χ4n) is 1.40. The summed E-state index contributed by atoms with van der Waals surface area (Å²) in [4.78, 5) is 4.42. The third-order valence-electron chi connectivity index (χ3n) is 2.34. The molecule has 0 fully saturated rings. The van der Waals surface area contributed by atoms with Crippen LogP contribution in [0.15, 0.2) is 23.2 Å². The van der Waals surface area contributed by atoms with E-state index in [-0.39, 0.29) is 5.82 Å². The largest absolute Gasteiger partial charge is 0.334 e. The average Bonchev–Trinajstić information content (AvgIpc) is 2.70. The highest BCUT2D eigenvalue weighted by atomic mass is 127. The van der Waals surface area contributed by atoms with E-state index in [0.717, 1.165) is 27.4 Å². The molecule has 0 saturated carbocycles. The second-order valence-corrected chi connectivity index (χ2v) is 5.99. The Morgan fingerprint density at radius 3 is 3.06 bits per heavy atom. The van der Waals surface area contributed by atoms with Crippen molar-refractivity contribution in [1.82, 2.24) is 0 Å². The number of hydrogen-bond donors (Lipinski definition) is 1. The topological polar surface area (TPSA) is 24.4 Å². The Labute approximate surface area is 112 Å². The standard InChI is InChI=1S/C11H12FIN2S/c1-2-8-6-14-11(16-8)15-10-4-3-7(12)5-9(10)13/h3-5,8H,2,6H2,1H3,(H,14,15). The maximum Gasteiger partial charge on any atom is 0.161 e. The fraction of sp³-hybridized carbons (Fsp3) is 0.364. The number of nitrogens with zero attached hydrogens (tertiary/aromatic N) is 1. The zero-order valence-electron chi connectivity index (χ0n) is 8.84. The van der Waals surface area contributed by atoms with Gasteiger partial charge in [-0.1, -0.05) is 18.7 Å². The molecule has 1 aromatic carbocycles. The van der Waals surface area contributed by atoms with Gasteiger partial charge in [0.15, 0.2) is 5.17 Å². The summed E-state index contributed by atoms with van der Waals surface area (Å²) >= 11 is 3.88. The van der Waals surface area contributed by atoms with Crippen LogP contribution in [-0.4, -0.2) is 17.0 Å². The molecule has 1 aliphatic rings. The van der Waals surface area contributed by atoms with Gasteiger partial charge in [-0.3, -0.25) is 4.99 Å². The Morgan fingerprint density at radius 2 is 2.44 bits per heavy atom. The van der Waals surface area contributed by atoms with Gasteiger partial charge < -0.3 is 5.32 Å². The molecule has 1 heterocycles. The quantitative estimate of drug-likeness (QED) is 0.822. The SMILES string of the molecule is CCC1CN=C(Nc2ccc(F)cc2I)S1. The summed E-state index contributed by atoms with van der Waals surface area (Å²) in [5.41, 5.74) is 0.921. The Hall–Kier alpha value is -0.300. The molecule has 0 amide bonds. The van der Waals surface area contributed by atoms with E-state index in [2.05, 4.69) is 39.8 Å². The van der Waals surface area contributed by atoms with Crippen molar-refractivity contribution in [1.29, 1.82) is 0 Å². The lowest BCUT2D eigenvalue weighted by atomic mass is 10.3. The molecule has 0 spiro atoms. The van der Waals surface area contributed by atoms with Crippen LogP contribution in [0.25, 0.3) is 0 Å². The van der Waals surface area contributed by atoms with E-state index in [9.17, 15) is 4.39 Å². The second kappa shape index (κ2) is 5.35. The van der Waals surface area contributed by atoms with Gasteiger partial charge >= 0.3 is 0 Å². The lowest BCUT2D eigenvalue weighted by molar-refractivity contribution is 0.627. The molecule has 0 aromatic heterocycles. The van der Waals surface area contributed by atoms with Crippen molar-refractivity contribution in [2.45, 2.75) is 18.6 Å². The Morgan fingerprint density at radius 1 is 1.62 bits per heavy atom. The summed E-state index contributed by atoms with van der Waals surface area (Å²) in [5, 5.41) is 4.76. The van der Waals surface area contributed by atoms with Crippen LogP contribution in [0, 0.1) is 9.39 Å². The lowest BCUT2D eigenvalue weighted by Gasteiger charge is -2.08. The van der Waals surface area contributed by atoms with Crippen LogP contribution in [0.2, 0.25) is 0 Å². The second-order valence-electron chi connectivity index (χ2n) is 3.54. The number of hydrogen-bond acceptors (Lipinski definition) is 3. The van der Waals surface area contributed by atoms with Crippen molar-refractivity contribution >= 4 is 45.2 Å². The van der Waals surface area contributed by atoms with E-state index in [1.807, 2.05) is 0 Å². The number of benzene rings is 1. The number of amidine groups is 1. The van der Waals surface area contributed by atoms with Crippen LogP contribution in [0.1, 0.15) is 13.3 Å². The van der Waals surface area contributed by atoms with E-state index in [1.165, 1.54) is 12.1 Å². The molecule has 0 radical (unpaired) electrons. The molecule has 86 valence electrons. The highest BCUT2D eigenvalue weighted by Crippen LogP contribution is 2.26. The molecular weight excluding hydrogens is 338 g/mol.